The molecule has 0 aliphatic rings. The maximum atomic E-state index is 14.7. The number of hydrogen-bond acceptors (Lipinski definition) is 9. The van der Waals surface area contributed by atoms with Crippen LogP contribution in [-0.4, -0.2) is 49.9 Å². The molecule has 0 spiro atoms. The number of ketones is 1. The van der Waals surface area contributed by atoms with Gasteiger partial charge in [0.05, 0.1) is 26.4 Å². The minimum Gasteiger partial charge on any atom is -0.488 e. The van der Waals surface area contributed by atoms with Gasteiger partial charge in [-0.25, -0.2) is 9.50 Å². The van der Waals surface area contributed by atoms with Crippen LogP contribution < -0.4 is 5.73 Å². The number of fused-ring (bicyclic) bond motifs is 1. The Kier molecular flexibility index (Phi) is 12.4. The van der Waals surface area contributed by atoms with Crippen molar-refractivity contribution in [2.75, 3.05) is 12.3 Å². The molecule has 0 unspecified atom stereocenters. The predicted molar refractivity (Wildman–Crippen MR) is 197 cm³/mol. The molecule has 10 nitrogen and oxygen atoms in total. The van der Waals surface area contributed by atoms with Crippen LogP contribution in [0.5, 0.6) is 0 Å². The second-order valence-electron chi connectivity index (χ2n) is 12.2. The van der Waals surface area contributed by atoms with Gasteiger partial charge in [-0.05, 0) is 40.5 Å². The molecule has 0 amide bonds. The number of aromatic nitrogens is 3. The summed E-state index contributed by atoms with van der Waals surface area (Å²) in [5, 5.41) is 17.0. The number of aliphatic hydroxyl groups is 1. The Labute approximate surface area is 302 Å². The van der Waals surface area contributed by atoms with Crippen molar-refractivity contribution < 1.29 is 28.8 Å². The van der Waals surface area contributed by atoms with E-state index in [1.54, 1.807) is 12.1 Å². The zero-order valence-corrected chi connectivity index (χ0v) is 28.5. The summed E-state index contributed by atoms with van der Waals surface area (Å²) in [6, 6.07) is 41.5. The molecule has 0 saturated heterocycles. The zero-order chi connectivity index (χ0) is 36.0. The maximum absolute atomic E-state index is 14.7. The van der Waals surface area contributed by atoms with Crippen molar-refractivity contribution in [2.45, 2.75) is 44.2 Å². The van der Waals surface area contributed by atoms with E-state index in [0.717, 1.165) is 22.3 Å². The van der Waals surface area contributed by atoms with E-state index in [1.807, 2.05) is 121 Å². The highest BCUT2D eigenvalue weighted by atomic mass is 16.6. The number of nitrogen functional groups attached to an aromatic ring is 1. The second-order valence-corrected chi connectivity index (χ2v) is 12.2. The molecular formula is C42H40N4O6. The van der Waals surface area contributed by atoms with E-state index < -0.39 is 23.6 Å². The number of hydrogen-bond donors (Lipinski definition) is 2. The van der Waals surface area contributed by atoms with Crippen LogP contribution in [0.2, 0.25) is 0 Å². The van der Waals surface area contributed by atoms with Crippen LogP contribution in [0.3, 0.4) is 0 Å². The summed E-state index contributed by atoms with van der Waals surface area (Å²) < 4.78 is 26.3. The average molecular weight is 697 g/mol. The smallest absolute Gasteiger partial charge is 0.212 e. The van der Waals surface area contributed by atoms with E-state index in [-0.39, 0.29) is 37.9 Å². The lowest BCUT2D eigenvalue weighted by Gasteiger charge is -2.37. The van der Waals surface area contributed by atoms with Crippen molar-refractivity contribution in [3.8, 4) is 0 Å². The van der Waals surface area contributed by atoms with Gasteiger partial charge in [-0.2, -0.15) is 5.10 Å². The molecule has 6 rings (SSSR count). The summed E-state index contributed by atoms with van der Waals surface area (Å²) in [6.07, 6.45) is 1.36. The highest BCUT2D eigenvalue weighted by Crippen LogP contribution is 2.28. The van der Waals surface area contributed by atoms with E-state index >= 15 is 0 Å². The largest absolute Gasteiger partial charge is 0.488 e. The van der Waals surface area contributed by atoms with Crippen LogP contribution >= 0.6 is 0 Å². The van der Waals surface area contributed by atoms with Crippen molar-refractivity contribution in [3.63, 3.8) is 0 Å². The number of benzene rings is 4. The number of ether oxygens (including phenoxy) is 4. The lowest BCUT2D eigenvalue weighted by atomic mass is 9.89. The summed E-state index contributed by atoms with van der Waals surface area (Å²) in [5.41, 5.74) is 11.3. The first-order chi connectivity index (χ1) is 25.5. The Morgan fingerprint density at radius 2 is 1.29 bits per heavy atom. The SMILES string of the molecule is Nc1ncnn2c(C(=O)[C@H](OCc3ccccc3)[C@H](OCc3ccccc3)[C@@](O)(C=C=COCc3ccccc3)COCc3ccccc3)ccc12. The van der Waals surface area contributed by atoms with Gasteiger partial charge in [-0.3, -0.25) is 4.79 Å². The zero-order valence-electron chi connectivity index (χ0n) is 28.5. The van der Waals surface area contributed by atoms with Crippen LogP contribution in [0.15, 0.2) is 158 Å². The van der Waals surface area contributed by atoms with Crippen LogP contribution in [0.4, 0.5) is 5.82 Å². The molecule has 10 heteroatoms. The van der Waals surface area contributed by atoms with Gasteiger partial charge in [-0.15, -0.1) is 0 Å². The maximum Gasteiger partial charge on any atom is 0.212 e. The number of rotatable bonds is 18. The van der Waals surface area contributed by atoms with Gasteiger partial charge in [0, 0.05) is 0 Å². The fraction of sp³-hybridized carbons (Fsp3) is 0.190. The topological polar surface area (TPSA) is 130 Å². The number of nitrogens with two attached hydrogens (primary N) is 1. The van der Waals surface area contributed by atoms with E-state index in [4.69, 9.17) is 24.7 Å². The Morgan fingerprint density at radius 3 is 1.88 bits per heavy atom. The molecule has 0 bridgehead atoms. The van der Waals surface area contributed by atoms with Crippen LogP contribution in [0.1, 0.15) is 32.7 Å². The molecule has 52 heavy (non-hydrogen) atoms. The minimum absolute atomic E-state index is 0.0452. The van der Waals surface area contributed by atoms with Crippen molar-refractivity contribution in [1.82, 2.24) is 14.6 Å². The summed E-state index contributed by atoms with van der Waals surface area (Å²) in [5.74, 6) is -0.284. The van der Waals surface area contributed by atoms with Crippen LogP contribution in [0.25, 0.3) is 5.52 Å². The lowest BCUT2D eigenvalue weighted by molar-refractivity contribution is -0.166. The monoisotopic (exact) mass is 696 g/mol. The normalized spacial score (nSPS) is 13.4. The van der Waals surface area contributed by atoms with Gasteiger partial charge >= 0.3 is 0 Å². The molecule has 6 aromatic rings. The molecule has 0 fully saturated rings. The number of Topliss-reactive ketones (excluding diaryl/α,β-unsaturated/α-hetero) is 1. The summed E-state index contributed by atoms with van der Waals surface area (Å²) in [4.78, 5) is 18.8. The molecular weight excluding hydrogens is 656 g/mol. The van der Waals surface area contributed by atoms with Gasteiger partial charge < -0.3 is 29.8 Å². The van der Waals surface area contributed by atoms with Gasteiger partial charge in [0.25, 0.3) is 0 Å². The highest BCUT2D eigenvalue weighted by Gasteiger charge is 2.46. The van der Waals surface area contributed by atoms with Gasteiger partial charge in [0.2, 0.25) is 5.78 Å². The van der Waals surface area contributed by atoms with Gasteiger partial charge in [0.15, 0.2) is 11.9 Å². The fourth-order valence-corrected chi connectivity index (χ4v) is 5.65. The molecule has 4 aromatic carbocycles. The van der Waals surface area contributed by atoms with Crippen molar-refractivity contribution >= 4 is 17.1 Å². The molecule has 264 valence electrons. The molecule has 0 radical (unpaired) electrons. The average Bonchev–Trinajstić information content (AvgIpc) is 3.63. The van der Waals surface area contributed by atoms with Crippen molar-refractivity contribution in [2.24, 2.45) is 0 Å². The molecule has 3 N–H and O–H groups in total. The number of carbonyl (C=O) groups is 1. The second kappa shape index (κ2) is 17.9. The van der Waals surface area contributed by atoms with Crippen molar-refractivity contribution in [3.05, 3.63) is 186 Å². The van der Waals surface area contributed by atoms with E-state index in [9.17, 15) is 9.90 Å². The number of anilines is 1. The fourth-order valence-electron chi connectivity index (χ4n) is 5.65. The van der Waals surface area contributed by atoms with E-state index in [1.165, 1.54) is 23.2 Å². The van der Waals surface area contributed by atoms with E-state index in [0.29, 0.717) is 12.1 Å². The number of nitrogens with zero attached hydrogens (tertiary/aromatic N) is 3. The Morgan fingerprint density at radius 1 is 0.750 bits per heavy atom. The third-order valence-electron chi connectivity index (χ3n) is 8.33. The quantitative estimate of drug-likeness (QED) is 0.0588. The van der Waals surface area contributed by atoms with Crippen molar-refractivity contribution in [1.29, 1.82) is 0 Å². The third kappa shape index (κ3) is 9.46. The first kappa shape index (κ1) is 35.9. The lowest BCUT2D eigenvalue weighted by Crippen LogP contribution is -2.55. The molecule has 0 aliphatic heterocycles. The molecule has 0 saturated carbocycles. The molecule has 3 atom stereocenters. The Bertz CT molecular complexity index is 2070. The van der Waals surface area contributed by atoms with Gasteiger partial charge in [0.1, 0.15) is 42.1 Å². The van der Waals surface area contributed by atoms with Gasteiger partial charge in [-0.1, -0.05) is 127 Å². The summed E-state index contributed by atoms with van der Waals surface area (Å²) in [6.45, 7) is 0.315. The van der Waals surface area contributed by atoms with Crippen LogP contribution in [-0.2, 0) is 45.4 Å². The highest BCUT2D eigenvalue weighted by molar-refractivity contribution is 6.00. The molecule has 2 heterocycles. The Hall–Kier alpha value is -5.87. The summed E-state index contributed by atoms with van der Waals surface area (Å²) in [7, 11) is 0. The molecule has 2 aromatic heterocycles. The van der Waals surface area contributed by atoms with E-state index in [2.05, 4.69) is 15.8 Å². The molecule has 0 aliphatic carbocycles. The summed E-state index contributed by atoms with van der Waals surface area (Å²) >= 11 is 0. The standard InChI is InChI=1S/C42H40N4O6/c43-41-37-23-22-36(46(37)45-31-44-41)38(47)39(51-28-34-18-9-3-10-19-34)40(52-29-35-20-11-4-12-21-35)42(48,30-50-27-33-16-7-2-8-17-33)24-13-25-49-26-32-14-5-1-6-15-32/h1-12,14-25,31,39-40,48H,26-30H2,(H2,43,44,45)/t13?,39-,40-,42+/m0/s1. The first-order valence-electron chi connectivity index (χ1n) is 16.9. The Balaban J connectivity index is 1.39. The number of carbonyl (C=O) groups excluding carboxylic acids is 1. The first-order valence-corrected chi connectivity index (χ1v) is 16.9. The van der Waals surface area contributed by atoms with Crippen LogP contribution in [0, 0.1) is 0 Å². The minimum atomic E-state index is -1.96. The predicted octanol–water partition coefficient (Wildman–Crippen LogP) is 6.50. The third-order valence-corrected chi connectivity index (χ3v) is 8.33.